The van der Waals surface area contributed by atoms with Gasteiger partial charge in [0.05, 0.1) is 6.42 Å². The molecule has 0 aliphatic rings. The van der Waals surface area contributed by atoms with Crippen LogP contribution >= 0.6 is 23.6 Å². The lowest BCUT2D eigenvalue weighted by atomic mass is 10.1. The molecule has 0 fully saturated rings. The Morgan fingerprint density at radius 1 is 1.53 bits per heavy atom. The summed E-state index contributed by atoms with van der Waals surface area (Å²) in [7, 11) is 0. The number of amides is 1. The van der Waals surface area contributed by atoms with Crippen molar-refractivity contribution in [2.75, 3.05) is 0 Å². The lowest BCUT2D eigenvalue weighted by Crippen LogP contribution is -2.24. The van der Waals surface area contributed by atoms with Gasteiger partial charge >= 0.3 is 0 Å². The predicted octanol–water partition coefficient (Wildman–Crippen LogP) is 2.68. The van der Waals surface area contributed by atoms with Crippen LogP contribution < -0.4 is 5.32 Å². The molecule has 2 rings (SSSR count). The molecule has 100 valence electrons. The molecule has 0 aliphatic carbocycles. The summed E-state index contributed by atoms with van der Waals surface area (Å²) in [6, 6.07) is 1.92. The van der Waals surface area contributed by atoms with Crippen LogP contribution in [0, 0.1) is 17.8 Å². The molecule has 0 aliphatic heterocycles. The molecule has 6 heteroatoms. The van der Waals surface area contributed by atoms with Crippen molar-refractivity contribution in [2.24, 2.45) is 0 Å². The van der Waals surface area contributed by atoms with Gasteiger partial charge in [-0.1, -0.05) is 0 Å². The fourth-order valence-electron chi connectivity index (χ4n) is 1.71. The van der Waals surface area contributed by atoms with Crippen LogP contribution in [0.2, 0.25) is 0 Å². The van der Waals surface area contributed by atoms with Gasteiger partial charge in [-0.2, -0.15) is 0 Å². The number of carbonyl (C=O) groups is 1. The average molecular weight is 293 g/mol. The van der Waals surface area contributed by atoms with E-state index in [9.17, 15) is 4.79 Å². The maximum Gasteiger partial charge on any atom is 0.225 e. The van der Waals surface area contributed by atoms with Crippen molar-refractivity contribution >= 4 is 29.5 Å². The number of carbonyl (C=O) groups excluding carboxylic acids is 1. The SMILES string of the molecule is Cc1cnccc1CNC(=O)Cc1sc(=S)[nH]c1C. The number of nitrogens with zero attached hydrogens (tertiary/aromatic N) is 1. The lowest BCUT2D eigenvalue weighted by molar-refractivity contribution is -0.120. The molecule has 0 atom stereocenters. The fourth-order valence-corrected chi connectivity index (χ4v) is 3.00. The van der Waals surface area contributed by atoms with Crippen LogP contribution in [0.4, 0.5) is 0 Å². The molecule has 0 saturated heterocycles. The summed E-state index contributed by atoms with van der Waals surface area (Å²) in [6.07, 6.45) is 3.90. The highest BCUT2D eigenvalue weighted by atomic mass is 32.1. The first kappa shape index (κ1) is 13.9. The van der Waals surface area contributed by atoms with Crippen LogP contribution in [0.5, 0.6) is 0 Å². The third-order valence-electron chi connectivity index (χ3n) is 2.86. The maximum absolute atomic E-state index is 11.9. The van der Waals surface area contributed by atoms with Gasteiger partial charge in [0.25, 0.3) is 0 Å². The van der Waals surface area contributed by atoms with Gasteiger partial charge in [0.2, 0.25) is 5.91 Å². The Morgan fingerprint density at radius 3 is 2.95 bits per heavy atom. The molecule has 0 saturated carbocycles. The Labute approximate surface area is 120 Å². The molecule has 19 heavy (non-hydrogen) atoms. The minimum atomic E-state index is 0.00422. The summed E-state index contributed by atoms with van der Waals surface area (Å²) in [5.74, 6) is 0.00422. The second-order valence-corrected chi connectivity index (χ2v) is 6.09. The van der Waals surface area contributed by atoms with Crippen LogP contribution in [-0.2, 0) is 17.8 Å². The molecular formula is C13H15N3OS2. The van der Waals surface area contributed by atoms with Crippen molar-refractivity contribution in [3.8, 4) is 0 Å². The quantitative estimate of drug-likeness (QED) is 0.852. The van der Waals surface area contributed by atoms with Crippen molar-refractivity contribution in [2.45, 2.75) is 26.8 Å². The van der Waals surface area contributed by atoms with E-state index >= 15 is 0 Å². The number of pyridine rings is 1. The van der Waals surface area contributed by atoms with Gasteiger partial charge < -0.3 is 10.3 Å². The normalized spacial score (nSPS) is 10.4. The first-order chi connectivity index (χ1) is 9.06. The second-order valence-electron chi connectivity index (χ2n) is 4.32. The van der Waals surface area contributed by atoms with E-state index in [1.54, 1.807) is 12.4 Å². The van der Waals surface area contributed by atoms with Crippen LogP contribution in [0.15, 0.2) is 18.5 Å². The smallest absolute Gasteiger partial charge is 0.225 e. The van der Waals surface area contributed by atoms with Crippen LogP contribution in [0.1, 0.15) is 21.7 Å². The largest absolute Gasteiger partial charge is 0.352 e. The van der Waals surface area contributed by atoms with E-state index in [0.29, 0.717) is 16.9 Å². The summed E-state index contributed by atoms with van der Waals surface area (Å²) in [6.45, 7) is 4.44. The highest BCUT2D eigenvalue weighted by Gasteiger charge is 2.08. The first-order valence-corrected chi connectivity index (χ1v) is 7.13. The number of hydrogen-bond donors (Lipinski definition) is 2. The molecule has 0 unspecified atom stereocenters. The van der Waals surface area contributed by atoms with E-state index in [-0.39, 0.29) is 5.91 Å². The molecule has 2 N–H and O–H groups in total. The number of rotatable bonds is 4. The number of hydrogen-bond acceptors (Lipinski definition) is 4. The van der Waals surface area contributed by atoms with Gasteiger partial charge in [-0.3, -0.25) is 9.78 Å². The summed E-state index contributed by atoms with van der Waals surface area (Å²) in [4.78, 5) is 20.0. The minimum absolute atomic E-state index is 0.00422. The Bertz CT molecular complexity index is 645. The van der Waals surface area contributed by atoms with E-state index in [1.807, 2.05) is 19.9 Å². The van der Waals surface area contributed by atoms with Gasteiger partial charge in [-0.15, -0.1) is 11.3 Å². The molecule has 0 bridgehead atoms. The predicted molar refractivity (Wildman–Crippen MR) is 78.8 cm³/mol. The van der Waals surface area contributed by atoms with Gasteiger partial charge in [0.15, 0.2) is 3.95 Å². The zero-order chi connectivity index (χ0) is 13.8. The molecule has 0 radical (unpaired) electrons. The van der Waals surface area contributed by atoms with E-state index in [1.165, 1.54) is 11.3 Å². The first-order valence-electron chi connectivity index (χ1n) is 5.91. The number of aryl methyl sites for hydroxylation is 2. The third-order valence-corrected chi connectivity index (χ3v) is 4.19. The van der Waals surface area contributed by atoms with Gasteiger partial charge in [-0.05, 0) is 43.3 Å². The Hall–Kier alpha value is -1.53. The van der Waals surface area contributed by atoms with E-state index in [4.69, 9.17) is 12.2 Å². The van der Waals surface area contributed by atoms with Crippen LogP contribution in [-0.4, -0.2) is 15.9 Å². The van der Waals surface area contributed by atoms with Crippen molar-refractivity contribution in [1.82, 2.24) is 15.3 Å². The zero-order valence-corrected chi connectivity index (χ0v) is 12.5. The fraction of sp³-hybridized carbons (Fsp3) is 0.308. The third kappa shape index (κ3) is 3.71. The van der Waals surface area contributed by atoms with Gasteiger partial charge in [0.1, 0.15) is 0 Å². The number of aromatic nitrogens is 2. The average Bonchev–Trinajstić information content (AvgIpc) is 2.67. The highest BCUT2D eigenvalue weighted by molar-refractivity contribution is 7.73. The maximum atomic E-state index is 11.9. The van der Waals surface area contributed by atoms with Crippen molar-refractivity contribution in [3.05, 3.63) is 44.1 Å². The van der Waals surface area contributed by atoms with Crippen molar-refractivity contribution < 1.29 is 4.79 Å². The molecule has 2 heterocycles. The molecule has 4 nitrogen and oxygen atoms in total. The minimum Gasteiger partial charge on any atom is -0.352 e. The Morgan fingerprint density at radius 2 is 2.32 bits per heavy atom. The summed E-state index contributed by atoms with van der Waals surface area (Å²) >= 11 is 6.51. The molecule has 0 spiro atoms. The van der Waals surface area contributed by atoms with Gasteiger partial charge in [-0.25, -0.2) is 0 Å². The standard InChI is InChI=1S/C13H15N3OS2/c1-8-6-14-4-3-10(8)7-15-12(17)5-11-9(2)16-13(18)19-11/h3-4,6H,5,7H2,1-2H3,(H,15,17)(H,16,18). The van der Waals surface area contributed by atoms with Crippen molar-refractivity contribution in [3.63, 3.8) is 0 Å². The van der Waals surface area contributed by atoms with Crippen molar-refractivity contribution in [1.29, 1.82) is 0 Å². The summed E-state index contributed by atoms with van der Waals surface area (Å²) < 4.78 is 0.713. The highest BCUT2D eigenvalue weighted by Crippen LogP contribution is 2.15. The Kier molecular flexibility index (Phi) is 4.44. The summed E-state index contributed by atoms with van der Waals surface area (Å²) in [5, 5.41) is 2.92. The molecular weight excluding hydrogens is 278 g/mol. The molecule has 0 aromatic carbocycles. The van der Waals surface area contributed by atoms with Gasteiger partial charge in [0, 0.05) is 29.5 Å². The second kappa shape index (κ2) is 6.08. The molecule has 1 amide bonds. The van der Waals surface area contributed by atoms with E-state index in [2.05, 4.69) is 15.3 Å². The number of nitrogens with one attached hydrogen (secondary N) is 2. The number of thiazole rings is 1. The van der Waals surface area contributed by atoms with E-state index < -0.39 is 0 Å². The monoisotopic (exact) mass is 293 g/mol. The molecule has 2 aromatic rings. The van der Waals surface area contributed by atoms with Crippen LogP contribution in [0.25, 0.3) is 0 Å². The number of H-pyrrole nitrogens is 1. The van der Waals surface area contributed by atoms with Crippen LogP contribution in [0.3, 0.4) is 0 Å². The topological polar surface area (TPSA) is 57.8 Å². The number of aromatic amines is 1. The lowest BCUT2D eigenvalue weighted by Gasteiger charge is -2.07. The Balaban J connectivity index is 1.94. The molecule has 2 aromatic heterocycles. The summed E-state index contributed by atoms with van der Waals surface area (Å²) in [5.41, 5.74) is 3.14. The zero-order valence-electron chi connectivity index (χ0n) is 10.8. The van der Waals surface area contributed by atoms with E-state index in [0.717, 1.165) is 21.7 Å².